The fraction of sp³-hybridized carbons (Fsp3) is 0.600. The molecule has 0 amide bonds. The van der Waals surface area contributed by atoms with Gasteiger partial charge in [-0.15, -0.1) is 11.3 Å². The first-order valence-corrected chi connectivity index (χ1v) is 5.54. The third kappa shape index (κ3) is 3.10. The van der Waals surface area contributed by atoms with Gasteiger partial charge in [0.1, 0.15) is 0 Å². The highest BCUT2D eigenvalue weighted by atomic mass is 32.1. The van der Waals surface area contributed by atoms with Crippen molar-refractivity contribution in [2.75, 3.05) is 6.61 Å². The van der Waals surface area contributed by atoms with Crippen LogP contribution in [0.2, 0.25) is 0 Å². The summed E-state index contributed by atoms with van der Waals surface area (Å²) in [6.07, 6.45) is 2.75. The Morgan fingerprint density at radius 1 is 1.54 bits per heavy atom. The molecule has 1 heterocycles. The quantitative estimate of drug-likeness (QED) is 0.762. The number of hydrogen-bond acceptors (Lipinski definition) is 3. The van der Waals surface area contributed by atoms with Crippen LogP contribution in [0, 0.1) is 0 Å². The summed E-state index contributed by atoms with van der Waals surface area (Å²) < 4.78 is 0. The summed E-state index contributed by atoms with van der Waals surface area (Å²) in [5.41, 5.74) is 5.95. The summed E-state index contributed by atoms with van der Waals surface area (Å²) >= 11 is 1.78. The lowest BCUT2D eigenvalue weighted by atomic mass is 10.1. The van der Waals surface area contributed by atoms with Crippen LogP contribution in [0.4, 0.5) is 0 Å². The van der Waals surface area contributed by atoms with Crippen LogP contribution in [-0.2, 0) is 6.42 Å². The topological polar surface area (TPSA) is 46.2 Å². The minimum Gasteiger partial charge on any atom is -0.396 e. The van der Waals surface area contributed by atoms with Gasteiger partial charge in [-0.2, -0.15) is 0 Å². The van der Waals surface area contributed by atoms with Gasteiger partial charge in [-0.1, -0.05) is 6.92 Å². The second kappa shape index (κ2) is 5.37. The van der Waals surface area contributed by atoms with Gasteiger partial charge in [-0.25, -0.2) is 0 Å². The van der Waals surface area contributed by atoms with Gasteiger partial charge < -0.3 is 10.8 Å². The molecule has 0 aliphatic carbocycles. The highest BCUT2D eigenvalue weighted by molar-refractivity contribution is 7.12. The standard InChI is InChI=1S/C10H17NOS/c1-2-8-5-6-10(13-8)9(11)4-3-7-12/h5-6,9,12H,2-4,7,11H2,1H3/t9-/m1/s1. The number of aliphatic hydroxyl groups is 1. The van der Waals surface area contributed by atoms with E-state index in [0.29, 0.717) is 0 Å². The Balaban J connectivity index is 2.50. The molecule has 0 aliphatic rings. The fourth-order valence-corrected chi connectivity index (χ4v) is 2.23. The van der Waals surface area contributed by atoms with E-state index < -0.39 is 0 Å². The maximum Gasteiger partial charge on any atom is 0.0431 e. The maximum absolute atomic E-state index is 8.66. The molecular weight excluding hydrogens is 182 g/mol. The number of hydrogen-bond donors (Lipinski definition) is 2. The van der Waals surface area contributed by atoms with Gasteiger partial charge in [0.15, 0.2) is 0 Å². The second-order valence-electron chi connectivity index (χ2n) is 3.13. The molecule has 1 aromatic rings. The third-order valence-electron chi connectivity index (χ3n) is 2.07. The molecule has 1 aromatic heterocycles. The van der Waals surface area contributed by atoms with Gasteiger partial charge in [0.05, 0.1) is 0 Å². The van der Waals surface area contributed by atoms with Crippen molar-refractivity contribution in [3.05, 3.63) is 21.9 Å². The van der Waals surface area contributed by atoms with E-state index >= 15 is 0 Å². The molecule has 0 saturated heterocycles. The first-order chi connectivity index (χ1) is 6.27. The van der Waals surface area contributed by atoms with Crippen molar-refractivity contribution < 1.29 is 5.11 Å². The van der Waals surface area contributed by atoms with Crippen LogP contribution < -0.4 is 5.73 Å². The van der Waals surface area contributed by atoms with Gasteiger partial charge in [-0.3, -0.25) is 0 Å². The summed E-state index contributed by atoms with van der Waals surface area (Å²) in [5.74, 6) is 0. The first-order valence-electron chi connectivity index (χ1n) is 4.73. The zero-order valence-corrected chi connectivity index (χ0v) is 8.81. The van der Waals surface area contributed by atoms with Gasteiger partial charge in [0.25, 0.3) is 0 Å². The van der Waals surface area contributed by atoms with Crippen LogP contribution in [-0.4, -0.2) is 11.7 Å². The lowest BCUT2D eigenvalue weighted by Crippen LogP contribution is -2.08. The molecule has 0 bridgehead atoms. The largest absolute Gasteiger partial charge is 0.396 e. The maximum atomic E-state index is 8.66. The molecule has 0 aliphatic heterocycles. The molecule has 13 heavy (non-hydrogen) atoms. The van der Waals surface area contributed by atoms with Crippen molar-refractivity contribution in [3.8, 4) is 0 Å². The smallest absolute Gasteiger partial charge is 0.0431 e. The van der Waals surface area contributed by atoms with Crippen LogP contribution in [0.25, 0.3) is 0 Å². The van der Waals surface area contributed by atoms with Crippen LogP contribution in [0.5, 0.6) is 0 Å². The molecule has 0 radical (unpaired) electrons. The molecule has 0 unspecified atom stereocenters. The molecule has 1 rings (SSSR count). The van der Waals surface area contributed by atoms with E-state index in [1.807, 2.05) is 0 Å². The first kappa shape index (κ1) is 10.7. The number of nitrogens with two attached hydrogens (primary N) is 1. The molecule has 0 saturated carbocycles. The Morgan fingerprint density at radius 3 is 2.85 bits per heavy atom. The Morgan fingerprint density at radius 2 is 2.31 bits per heavy atom. The van der Waals surface area contributed by atoms with Gasteiger partial charge in [0, 0.05) is 22.4 Å². The molecular formula is C10H17NOS. The van der Waals surface area contributed by atoms with Crippen molar-refractivity contribution in [3.63, 3.8) is 0 Å². The number of aliphatic hydroxyl groups excluding tert-OH is 1. The van der Waals surface area contributed by atoms with Crippen LogP contribution in [0.3, 0.4) is 0 Å². The van der Waals surface area contributed by atoms with Crippen LogP contribution >= 0.6 is 11.3 Å². The Bertz CT molecular complexity index is 247. The van der Waals surface area contributed by atoms with Gasteiger partial charge >= 0.3 is 0 Å². The summed E-state index contributed by atoms with van der Waals surface area (Å²) in [6.45, 7) is 2.38. The highest BCUT2D eigenvalue weighted by Crippen LogP contribution is 2.24. The zero-order valence-electron chi connectivity index (χ0n) is 7.99. The normalized spacial score (nSPS) is 13.2. The van der Waals surface area contributed by atoms with Crippen molar-refractivity contribution >= 4 is 11.3 Å². The SMILES string of the molecule is CCc1ccc([C@H](N)CCCO)s1. The lowest BCUT2D eigenvalue weighted by Gasteiger charge is -2.07. The molecule has 3 N–H and O–H groups in total. The van der Waals surface area contributed by atoms with Crippen molar-refractivity contribution in [1.29, 1.82) is 0 Å². The summed E-state index contributed by atoms with van der Waals surface area (Å²) in [7, 11) is 0. The van der Waals surface area contributed by atoms with E-state index in [1.165, 1.54) is 9.75 Å². The van der Waals surface area contributed by atoms with E-state index in [4.69, 9.17) is 10.8 Å². The van der Waals surface area contributed by atoms with Crippen molar-refractivity contribution in [2.24, 2.45) is 5.73 Å². The minimum atomic E-state index is 0.109. The predicted octanol–water partition coefficient (Wildman–Crippen LogP) is 2.08. The Labute approximate surface area is 83.4 Å². The Hall–Kier alpha value is -0.380. The van der Waals surface area contributed by atoms with E-state index in [0.717, 1.165) is 19.3 Å². The van der Waals surface area contributed by atoms with E-state index in [2.05, 4.69) is 19.1 Å². The molecule has 74 valence electrons. The summed E-state index contributed by atoms with van der Waals surface area (Å²) in [4.78, 5) is 2.62. The minimum absolute atomic E-state index is 0.109. The monoisotopic (exact) mass is 199 g/mol. The number of aryl methyl sites for hydroxylation is 1. The van der Waals surface area contributed by atoms with Gasteiger partial charge in [0.2, 0.25) is 0 Å². The van der Waals surface area contributed by atoms with Crippen molar-refractivity contribution in [1.82, 2.24) is 0 Å². The summed E-state index contributed by atoms with van der Waals surface area (Å²) in [6, 6.07) is 4.35. The molecule has 2 nitrogen and oxygen atoms in total. The lowest BCUT2D eigenvalue weighted by molar-refractivity contribution is 0.280. The molecule has 0 spiro atoms. The van der Waals surface area contributed by atoms with E-state index in [9.17, 15) is 0 Å². The van der Waals surface area contributed by atoms with Crippen molar-refractivity contribution in [2.45, 2.75) is 32.2 Å². The number of rotatable bonds is 5. The zero-order chi connectivity index (χ0) is 9.68. The predicted molar refractivity (Wildman–Crippen MR) is 56.9 cm³/mol. The molecule has 0 aromatic carbocycles. The highest BCUT2D eigenvalue weighted by Gasteiger charge is 2.07. The van der Waals surface area contributed by atoms with Gasteiger partial charge in [-0.05, 0) is 31.4 Å². The third-order valence-corrected chi connectivity index (χ3v) is 3.43. The van der Waals surface area contributed by atoms with E-state index in [1.54, 1.807) is 11.3 Å². The molecule has 1 atom stereocenters. The molecule has 0 fully saturated rings. The summed E-state index contributed by atoms with van der Waals surface area (Å²) in [5, 5.41) is 8.66. The van der Waals surface area contributed by atoms with Crippen LogP contribution in [0.1, 0.15) is 35.6 Å². The van der Waals surface area contributed by atoms with Crippen LogP contribution in [0.15, 0.2) is 12.1 Å². The van der Waals surface area contributed by atoms with E-state index in [-0.39, 0.29) is 12.6 Å². The second-order valence-corrected chi connectivity index (χ2v) is 4.33. The molecule has 3 heteroatoms. The average Bonchev–Trinajstić information content (AvgIpc) is 2.62. The number of thiophene rings is 1. The Kier molecular flexibility index (Phi) is 4.42. The fourth-order valence-electron chi connectivity index (χ4n) is 1.24. The average molecular weight is 199 g/mol.